The Bertz CT molecular complexity index is 407. The SMILES string of the molecule is IN=C(c1ccccc1)c1ccccc1. The van der Waals surface area contributed by atoms with Crippen molar-refractivity contribution in [1.82, 2.24) is 0 Å². The molecule has 0 aliphatic carbocycles. The molecule has 1 nitrogen and oxygen atoms in total. The monoisotopic (exact) mass is 307 g/mol. The molecule has 0 saturated carbocycles. The second-order valence-corrected chi connectivity index (χ2v) is 3.65. The maximum Gasteiger partial charge on any atom is 0.0841 e. The van der Waals surface area contributed by atoms with Gasteiger partial charge in [-0.05, 0) is 0 Å². The van der Waals surface area contributed by atoms with E-state index in [1.54, 1.807) is 0 Å². The Morgan fingerprint density at radius 3 is 1.47 bits per heavy atom. The summed E-state index contributed by atoms with van der Waals surface area (Å²) in [4.78, 5) is 0. The molecule has 0 radical (unpaired) electrons. The summed E-state index contributed by atoms with van der Waals surface area (Å²) in [6, 6.07) is 20.4. The maximum atomic E-state index is 4.32. The molecule has 15 heavy (non-hydrogen) atoms. The van der Waals surface area contributed by atoms with Crippen molar-refractivity contribution in [3.05, 3.63) is 71.8 Å². The molecule has 0 aliphatic rings. The number of hydrogen-bond donors (Lipinski definition) is 0. The fourth-order valence-electron chi connectivity index (χ4n) is 1.46. The molecular weight excluding hydrogens is 297 g/mol. The fourth-order valence-corrected chi connectivity index (χ4v) is 2.01. The lowest BCUT2D eigenvalue weighted by atomic mass is 10.0. The van der Waals surface area contributed by atoms with Gasteiger partial charge in [0.2, 0.25) is 0 Å². The number of rotatable bonds is 2. The predicted octanol–water partition coefficient (Wildman–Crippen LogP) is 3.87. The highest BCUT2D eigenvalue weighted by atomic mass is 127. The summed E-state index contributed by atoms with van der Waals surface area (Å²) >= 11 is 2.04. The molecule has 0 N–H and O–H groups in total. The largest absolute Gasteiger partial charge is 0.214 e. The predicted molar refractivity (Wildman–Crippen MR) is 72.5 cm³/mol. The van der Waals surface area contributed by atoms with Crippen LogP contribution in [-0.2, 0) is 0 Å². The van der Waals surface area contributed by atoms with E-state index in [0.717, 1.165) is 16.8 Å². The molecule has 0 aliphatic heterocycles. The van der Waals surface area contributed by atoms with Crippen LogP contribution in [0.4, 0.5) is 0 Å². The summed E-state index contributed by atoms with van der Waals surface area (Å²) in [5, 5.41) is 0. The van der Waals surface area contributed by atoms with Gasteiger partial charge < -0.3 is 0 Å². The van der Waals surface area contributed by atoms with Crippen LogP contribution in [0.5, 0.6) is 0 Å². The van der Waals surface area contributed by atoms with Crippen LogP contribution >= 0.6 is 22.9 Å². The average Bonchev–Trinajstić information content (AvgIpc) is 2.33. The van der Waals surface area contributed by atoms with Crippen LogP contribution in [0.1, 0.15) is 11.1 Å². The van der Waals surface area contributed by atoms with E-state index in [4.69, 9.17) is 0 Å². The van der Waals surface area contributed by atoms with E-state index >= 15 is 0 Å². The normalized spacial score (nSPS) is 9.67. The highest BCUT2D eigenvalue weighted by Crippen LogP contribution is 2.12. The second kappa shape index (κ2) is 5.07. The van der Waals surface area contributed by atoms with E-state index in [1.165, 1.54) is 0 Å². The van der Waals surface area contributed by atoms with Gasteiger partial charge >= 0.3 is 0 Å². The summed E-state index contributed by atoms with van der Waals surface area (Å²) in [6.45, 7) is 0. The topological polar surface area (TPSA) is 12.4 Å². The second-order valence-electron chi connectivity index (χ2n) is 3.17. The van der Waals surface area contributed by atoms with Crippen LogP contribution < -0.4 is 0 Å². The van der Waals surface area contributed by atoms with Gasteiger partial charge in [0, 0.05) is 11.1 Å². The molecule has 74 valence electrons. The lowest BCUT2D eigenvalue weighted by Crippen LogP contribution is -2.00. The first-order chi connectivity index (χ1) is 7.42. The van der Waals surface area contributed by atoms with Crippen molar-refractivity contribution in [1.29, 1.82) is 0 Å². The third-order valence-corrected chi connectivity index (χ3v) is 2.66. The van der Waals surface area contributed by atoms with E-state index in [-0.39, 0.29) is 0 Å². The third-order valence-electron chi connectivity index (χ3n) is 2.18. The van der Waals surface area contributed by atoms with Crippen molar-refractivity contribution >= 4 is 28.6 Å². The average molecular weight is 307 g/mol. The van der Waals surface area contributed by atoms with Gasteiger partial charge in [0.1, 0.15) is 0 Å². The molecule has 0 aromatic heterocycles. The van der Waals surface area contributed by atoms with E-state index in [1.807, 2.05) is 59.3 Å². The lowest BCUT2D eigenvalue weighted by molar-refractivity contribution is 1.58. The van der Waals surface area contributed by atoms with Gasteiger partial charge in [0.15, 0.2) is 0 Å². The highest BCUT2D eigenvalue weighted by Gasteiger charge is 2.04. The molecular formula is C13H10IN. The molecule has 0 spiro atoms. The quantitative estimate of drug-likeness (QED) is 0.590. The van der Waals surface area contributed by atoms with Gasteiger partial charge in [-0.1, -0.05) is 60.7 Å². The minimum Gasteiger partial charge on any atom is -0.214 e. The minimum absolute atomic E-state index is 1.02. The van der Waals surface area contributed by atoms with Crippen molar-refractivity contribution in [3.8, 4) is 0 Å². The summed E-state index contributed by atoms with van der Waals surface area (Å²) in [7, 11) is 0. The van der Waals surface area contributed by atoms with Gasteiger partial charge in [-0.2, -0.15) is 0 Å². The Morgan fingerprint density at radius 1 is 0.733 bits per heavy atom. The number of nitrogens with zero attached hydrogens (tertiary/aromatic N) is 1. The summed E-state index contributed by atoms with van der Waals surface area (Å²) < 4.78 is 4.32. The van der Waals surface area contributed by atoms with Gasteiger partial charge in [-0.25, -0.2) is 3.21 Å². The first kappa shape index (κ1) is 10.4. The summed E-state index contributed by atoms with van der Waals surface area (Å²) in [5.41, 5.74) is 3.33. The van der Waals surface area contributed by atoms with Gasteiger partial charge in [0.25, 0.3) is 0 Å². The van der Waals surface area contributed by atoms with E-state index in [2.05, 4.69) is 27.5 Å². The molecule has 0 saturated heterocycles. The first-order valence-corrected chi connectivity index (χ1v) is 5.68. The summed E-state index contributed by atoms with van der Waals surface area (Å²) in [5.74, 6) is 0. The van der Waals surface area contributed by atoms with Crippen molar-refractivity contribution in [2.75, 3.05) is 0 Å². The molecule has 0 bridgehead atoms. The third kappa shape index (κ3) is 2.45. The standard InChI is InChI=1S/C13H10IN/c14-15-13(11-7-3-1-4-8-11)12-9-5-2-6-10-12/h1-10H. The lowest BCUT2D eigenvalue weighted by Gasteiger charge is -2.04. The van der Waals surface area contributed by atoms with Gasteiger partial charge in [0.05, 0.1) is 28.6 Å². The number of halogens is 1. The molecule has 0 fully saturated rings. The zero-order valence-electron chi connectivity index (χ0n) is 8.10. The summed E-state index contributed by atoms with van der Waals surface area (Å²) in [6.07, 6.45) is 0. The Balaban J connectivity index is 2.44. The zero-order chi connectivity index (χ0) is 10.5. The number of benzene rings is 2. The van der Waals surface area contributed by atoms with Crippen LogP contribution in [0.25, 0.3) is 0 Å². The minimum atomic E-state index is 1.02. The van der Waals surface area contributed by atoms with Crippen LogP contribution in [-0.4, -0.2) is 5.71 Å². The molecule has 0 unspecified atom stereocenters. The molecule has 2 aromatic rings. The Labute approximate surface area is 103 Å². The zero-order valence-corrected chi connectivity index (χ0v) is 10.3. The van der Waals surface area contributed by atoms with Crippen molar-refractivity contribution in [3.63, 3.8) is 0 Å². The Kier molecular flexibility index (Phi) is 3.50. The van der Waals surface area contributed by atoms with Gasteiger partial charge in [-0.15, -0.1) is 0 Å². The van der Waals surface area contributed by atoms with Gasteiger partial charge in [-0.3, -0.25) is 0 Å². The van der Waals surface area contributed by atoms with E-state index in [9.17, 15) is 0 Å². The molecule has 0 heterocycles. The van der Waals surface area contributed by atoms with Crippen LogP contribution in [0.3, 0.4) is 0 Å². The Hall–Kier alpha value is -1.16. The molecule has 2 rings (SSSR count). The smallest absolute Gasteiger partial charge is 0.0841 e. The van der Waals surface area contributed by atoms with Crippen molar-refractivity contribution < 1.29 is 0 Å². The highest BCUT2D eigenvalue weighted by molar-refractivity contribution is 14.1. The van der Waals surface area contributed by atoms with E-state index in [0.29, 0.717) is 0 Å². The maximum absolute atomic E-state index is 4.32. The Morgan fingerprint density at radius 2 is 1.13 bits per heavy atom. The van der Waals surface area contributed by atoms with E-state index < -0.39 is 0 Å². The molecule has 2 aromatic carbocycles. The molecule has 0 atom stereocenters. The van der Waals surface area contributed by atoms with Crippen molar-refractivity contribution in [2.24, 2.45) is 3.21 Å². The van der Waals surface area contributed by atoms with Crippen molar-refractivity contribution in [2.45, 2.75) is 0 Å². The van der Waals surface area contributed by atoms with Crippen LogP contribution in [0.15, 0.2) is 63.9 Å². The number of hydrogen-bond acceptors (Lipinski definition) is 1. The first-order valence-electron chi connectivity index (χ1n) is 4.71. The molecule has 2 heteroatoms. The van der Waals surface area contributed by atoms with Crippen LogP contribution in [0, 0.1) is 0 Å². The fraction of sp³-hybridized carbons (Fsp3) is 0. The van der Waals surface area contributed by atoms with Crippen LogP contribution in [0.2, 0.25) is 0 Å². The molecule has 0 amide bonds.